The second-order valence-electron chi connectivity index (χ2n) is 6.87. The molecular weight excluding hydrogens is 566 g/mol. The van der Waals surface area contributed by atoms with Crippen molar-refractivity contribution in [3.8, 4) is 34.8 Å². The van der Waals surface area contributed by atoms with Crippen LogP contribution in [-0.4, -0.2) is 33.9 Å². The molecule has 0 aliphatic rings. The molecule has 0 saturated heterocycles. The van der Waals surface area contributed by atoms with E-state index in [0.717, 1.165) is 0 Å². The third-order valence-corrected chi connectivity index (χ3v) is 4.85. The number of ketones is 2. The summed E-state index contributed by atoms with van der Waals surface area (Å²) >= 11 is -0.134. The number of carbonyl (C=O) groups excluding carboxylic acids is 2. The second-order valence-corrected chi connectivity index (χ2v) is 7.41. The number of aromatic nitrogens is 2. The Labute approximate surface area is 209 Å². The standard InChI is InChI=1S/2C11H6F3NO3.Cu/c2*12-11(13,14)8(16)7-10(17)18-9(15-7)6-4-2-1-3-5-6;/h2*1-5,17H;/q;;+2/p-2. The fraction of sp³-hybridized carbons (Fsp3) is 0.0909. The summed E-state index contributed by atoms with van der Waals surface area (Å²) in [6, 6.07) is 15.0. The number of oxazole rings is 2. The minimum atomic E-state index is -5.35. The summed E-state index contributed by atoms with van der Waals surface area (Å²) in [5.74, 6) is -7.78. The maximum atomic E-state index is 13.0. The van der Waals surface area contributed by atoms with Gasteiger partial charge in [0.2, 0.25) is 0 Å². The summed E-state index contributed by atoms with van der Waals surface area (Å²) in [5.41, 5.74) is -2.15. The maximum absolute atomic E-state index is 13.0. The zero-order chi connectivity index (χ0) is 26.8. The zero-order valence-electron chi connectivity index (χ0n) is 17.7. The van der Waals surface area contributed by atoms with Crippen LogP contribution in [0.1, 0.15) is 21.0 Å². The van der Waals surface area contributed by atoms with Crippen molar-refractivity contribution in [2.24, 2.45) is 0 Å². The molecule has 15 heteroatoms. The molecule has 0 unspecified atom stereocenters. The van der Waals surface area contributed by atoms with E-state index >= 15 is 0 Å². The monoisotopic (exact) mass is 575 g/mol. The van der Waals surface area contributed by atoms with E-state index in [1.54, 1.807) is 12.1 Å². The van der Waals surface area contributed by atoms with Crippen molar-refractivity contribution in [3.63, 3.8) is 0 Å². The third kappa shape index (κ3) is 5.84. The van der Waals surface area contributed by atoms with E-state index < -0.39 is 59.0 Å². The molecule has 0 atom stereocenters. The summed E-state index contributed by atoms with van der Waals surface area (Å²) in [7, 11) is 0. The summed E-state index contributed by atoms with van der Waals surface area (Å²) in [4.78, 5) is 30.7. The van der Waals surface area contributed by atoms with Crippen LogP contribution in [0.25, 0.3) is 22.9 Å². The first-order valence-electron chi connectivity index (χ1n) is 9.73. The second kappa shape index (κ2) is 10.1. The molecule has 2 heterocycles. The first kappa shape index (κ1) is 26.0. The molecule has 0 radical (unpaired) electrons. The number of alkyl halides is 6. The van der Waals surface area contributed by atoms with Gasteiger partial charge in [0.15, 0.2) is 0 Å². The molecule has 0 spiro atoms. The summed E-state index contributed by atoms with van der Waals surface area (Å²) in [6.45, 7) is 0. The number of hydrogen-bond donors (Lipinski definition) is 0. The van der Waals surface area contributed by atoms with Gasteiger partial charge in [0.1, 0.15) is 0 Å². The van der Waals surface area contributed by atoms with Crippen LogP contribution in [0.15, 0.2) is 69.5 Å². The van der Waals surface area contributed by atoms with E-state index in [-0.39, 0.29) is 26.7 Å². The van der Waals surface area contributed by atoms with Gasteiger partial charge in [0.05, 0.1) is 0 Å². The number of rotatable bonds is 8. The summed E-state index contributed by atoms with van der Waals surface area (Å²) < 4.78 is 98.1. The van der Waals surface area contributed by atoms with Gasteiger partial charge in [-0.25, -0.2) is 0 Å². The van der Waals surface area contributed by atoms with Gasteiger partial charge in [0, 0.05) is 0 Å². The van der Waals surface area contributed by atoms with Crippen LogP contribution >= 0.6 is 0 Å². The molecule has 0 aliphatic carbocycles. The van der Waals surface area contributed by atoms with Crippen LogP contribution in [0.5, 0.6) is 11.9 Å². The molecule has 0 N–H and O–H groups in total. The predicted octanol–water partition coefficient (Wildman–Crippen LogP) is 5.86. The van der Waals surface area contributed by atoms with Crippen LogP contribution in [0.3, 0.4) is 0 Å². The molecule has 0 bridgehead atoms. The van der Waals surface area contributed by atoms with Crippen molar-refractivity contribution in [2.45, 2.75) is 12.4 Å². The Bertz CT molecular complexity index is 1310. The molecule has 8 nitrogen and oxygen atoms in total. The average Bonchev–Trinajstić information content (AvgIpc) is 3.48. The number of Topliss-reactive ketones (excluding diaryl/α,β-unsaturated/α-hetero) is 2. The molecule has 37 heavy (non-hydrogen) atoms. The van der Waals surface area contributed by atoms with Crippen LogP contribution in [0, 0.1) is 0 Å². The number of carbonyl (C=O) groups is 2. The minimum absolute atomic E-state index is 0.134. The Morgan fingerprint density at radius 1 is 0.649 bits per heavy atom. The van der Waals surface area contributed by atoms with Crippen molar-refractivity contribution in [3.05, 3.63) is 72.1 Å². The van der Waals surface area contributed by atoms with Crippen molar-refractivity contribution in [1.29, 1.82) is 0 Å². The average molecular weight is 576 g/mol. The van der Waals surface area contributed by atoms with Crippen LogP contribution in [0.2, 0.25) is 0 Å². The van der Waals surface area contributed by atoms with Gasteiger partial charge < -0.3 is 0 Å². The van der Waals surface area contributed by atoms with Gasteiger partial charge in [-0.1, -0.05) is 0 Å². The van der Waals surface area contributed by atoms with Crippen molar-refractivity contribution >= 4 is 11.6 Å². The predicted molar refractivity (Wildman–Crippen MR) is 106 cm³/mol. The Morgan fingerprint density at radius 3 is 1.32 bits per heavy atom. The van der Waals surface area contributed by atoms with E-state index in [9.17, 15) is 35.9 Å². The van der Waals surface area contributed by atoms with Crippen LogP contribution in [-0.2, 0) is 15.6 Å². The topological polar surface area (TPSA) is 105 Å². The van der Waals surface area contributed by atoms with E-state index in [2.05, 4.69) is 9.97 Å². The summed E-state index contributed by atoms with van der Waals surface area (Å²) in [5, 5.41) is 0. The number of hydrogen-bond acceptors (Lipinski definition) is 8. The number of halogens is 6. The van der Waals surface area contributed by atoms with Crippen molar-refractivity contribution < 1.29 is 68.0 Å². The zero-order valence-corrected chi connectivity index (χ0v) is 18.6. The molecule has 2 aromatic heterocycles. The molecule has 0 fully saturated rings. The molecular formula is C22H10CuF6N2O6. The van der Waals surface area contributed by atoms with Crippen LogP contribution < -0.4 is 7.64 Å². The quantitative estimate of drug-likeness (QED) is 0.146. The fourth-order valence-electron chi connectivity index (χ4n) is 2.72. The summed E-state index contributed by atoms with van der Waals surface area (Å²) in [6.07, 6.45) is -10.7. The van der Waals surface area contributed by atoms with Crippen LogP contribution in [0.4, 0.5) is 26.3 Å². The number of benzene rings is 2. The first-order chi connectivity index (χ1) is 17.4. The van der Waals surface area contributed by atoms with E-state index in [1.165, 1.54) is 48.5 Å². The van der Waals surface area contributed by atoms with Crippen molar-refractivity contribution in [1.82, 2.24) is 9.97 Å². The van der Waals surface area contributed by atoms with E-state index in [4.69, 9.17) is 16.5 Å². The van der Waals surface area contributed by atoms with E-state index in [1.807, 2.05) is 0 Å². The van der Waals surface area contributed by atoms with Crippen molar-refractivity contribution in [2.75, 3.05) is 0 Å². The molecule has 197 valence electrons. The van der Waals surface area contributed by atoms with Gasteiger partial charge in [-0.2, -0.15) is 0 Å². The molecule has 0 amide bonds. The molecule has 0 saturated carbocycles. The van der Waals surface area contributed by atoms with E-state index in [0.29, 0.717) is 0 Å². The van der Waals surface area contributed by atoms with Gasteiger partial charge in [0.25, 0.3) is 0 Å². The van der Waals surface area contributed by atoms with Gasteiger partial charge in [-0.3, -0.25) is 0 Å². The number of nitrogens with zero attached hydrogens (tertiary/aromatic N) is 2. The Balaban J connectivity index is 1.62. The van der Waals surface area contributed by atoms with Gasteiger partial charge in [-0.15, -0.1) is 0 Å². The SMILES string of the molecule is O=C(c1nc(-c2ccccc2)oc1[O][Cu][O]c1oc(-c2ccccc2)nc1C(=O)C(F)(F)F)C(F)(F)F. The molecule has 4 aromatic rings. The normalized spacial score (nSPS) is 11.9. The first-order valence-corrected chi connectivity index (χ1v) is 10.5. The molecule has 4 rings (SSSR count). The Morgan fingerprint density at radius 2 is 1.00 bits per heavy atom. The van der Waals surface area contributed by atoms with Gasteiger partial charge >= 0.3 is 209 Å². The Kier molecular flexibility index (Phi) is 7.09. The molecule has 0 aliphatic heterocycles. The fourth-order valence-corrected chi connectivity index (χ4v) is 3.16. The third-order valence-electron chi connectivity index (χ3n) is 4.34. The Hall–Kier alpha value is -4.10. The molecule has 2 aromatic carbocycles. The van der Waals surface area contributed by atoms with Gasteiger partial charge in [-0.05, 0) is 0 Å².